The molecular formula is C36H68NO7+. The Balaban J connectivity index is 4.47. The summed E-state index contributed by atoms with van der Waals surface area (Å²) in [7, 11) is 5.51. The molecule has 0 amide bonds. The first-order valence-electron chi connectivity index (χ1n) is 17.7. The van der Waals surface area contributed by atoms with E-state index < -0.39 is 18.1 Å². The summed E-state index contributed by atoms with van der Waals surface area (Å²) in [4.78, 5) is 36.5. The number of likely N-dealkylation sites (N-methyl/N-ethyl adjacent to an activating group) is 1. The zero-order valence-corrected chi connectivity index (χ0v) is 29.1. The number of hydrogen-bond donors (Lipinski definition) is 1. The zero-order valence-electron chi connectivity index (χ0n) is 29.1. The highest BCUT2D eigenvalue weighted by molar-refractivity contribution is 5.72. The molecule has 258 valence electrons. The monoisotopic (exact) mass is 626 g/mol. The van der Waals surface area contributed by atoms with Crippen molar-refractivity contribution in [3.05, 3.63) is 12.2 Å². The summed E-state index contributed by atoms with van der Waals surface area (Å²) in [6.45, 7) is 4.66. The van der Waals surface area contributed by atoms with E-state index in [1.54, 1.807) is 0 Å². The molecule has 8 heteroatoms. The van der Waals surface area contributed by atoms with Gasteiger partial charge < -0.3 is 23.8 Å². The molecule has 0 saturated carbocycles. The molecule has 2 unspecified atom stereocenters. The maximum absolute atomic E-state index is 12.6. The first-order chi connectivity index (χ1) is 21.1. The van der Waals surface area contributed by atoms with Gasteiger partial charge in [0.25, 0.3) is 0 Å². The van der Waals surface area contributed by atoms with Gasteiger partial charge in [-0.1, -0.05) is 103 Å². The summed E-state index contributed by atoms with van der Waals surface area (Å²) >= 11 is 0. The molecule has 44 heavy (non-hydrogen) atoms. The molecule has 0 aromatic heterocycles. The average Bonchev–Trinajstić information content (AvgIpc) is 2.96. The van der Waals surface area contributed by atoms with Crippen molar-refractivity contribution in [2.24, 2.45) is 0 Å². The number of aliphatic carboxylic acids is 1. The van der Waals surface area contributed by atoms with E-state index in [0.717, 1.165) is 51.4 Å². The van der Waals surface area contributed by atoms with E-state index in [-0.39, 0.29) is 36.2 Å². The standard InChI is InChI=1S/C36H67NO7/c1-6-8-10-12-14-16-17-18-19-21-23-25-27-35(39)44-32(30-42-29-28-33(36(40)41)37(3,4)5)31-43-34(38)26-24-22-20-15-13-11-9-7-2/h14,16,32-33H,6-13,15,17-31H2,1-5H3/p+1/b16-14+. The Labute approximate surface area is 269 Å². The molecule has 0 aromatic carbocycles. The topological polar surface area (TPSA) is 99.1 Å². The van der Waals surface area contributed by atoms with Gasteiger partial charge in [-0.3, -0.25) is 9.59 Å². The minimum absolute atomic E-state index is 0.0504. The van der Waals surface area contributed by atoms with Crippen LogP contribution in [0.3, 0.4) is 0 Å². The normalized spacial score (nSPS) is 13.2. The van der Waals surface area contributed by atoms with Gasteiger partial charge in [-0.25, -0.2) is 4.79 Å². The van der Waals surface area contributed by atoms with E-state index in [0.29, 0.717) is 19.3 Å². The number of rotatable bonds is 31. The van der Waals surface area contributed by atoms with Gasteiger partial charge in [-0.2, -0.15) is 0 Å². The third-order valence-corrected chi connectivity index (χ3v) is 7.91. The van der Waals surface area contributed by atoms with Crippen molar-refractivity contribution in [3.8, 4) is 0 Å². The third-order valence-electron chi connectivity index (χ3n) is 7.91. The van der Waals surface area contributed by atoms with Gasteiger partial charge in [0.1, 0.15) is 6.61 Å². The molecule has 0 aromatic rings. The third kappa shape index (κ3) is 26.5. The second kappa shape index (κ2) is 28.5. The Hall–Kier alpha value is -1.93. The fraction of sp³-hybridized carbons (Fsp3) is 0.861. The lowest BCUT2D eigenvalue weighted by atomic mass is 10.1. The maximum atomic E-state index is 12.6. The Morgan fingerprint density at radius 1 is 0.659 bits per heavy atom. The smallest absolute Gasteiger partial charge is 0.362 e. The van der Waals surface area contributed by atoms with E-state index in [9.17, 15) is 19.5 Å². The van der Waals surface area contributed by atoms with Crippen molar-refractivity contribution in [2.45, 2.75) is 161 Å². The van der Waals surface area contributed by atoms with Gasteiger partial charge in [0.15, 0.2) is 12.1 Å². The molecule has 0 fully saturated rings. The molecule has 0 spiro atoms. The number of carboxylic acids is 1. The molecule has 0 bridgehead atoms. The Morgan fingerprint density at radius 2 is 1.14 bits per heavy atom. The minimum atomic E-state index is -0.877. The first kappa shape index (κ1) is 42.1. The highest BCUT2D eigenvalue weighted by Gasteiger charge is 2.31. The number of esters is 2. The van der Waals surface area contributed by atoms with Gasteiger partial charge in [-0.15, -0.1) is 0 Å². The fourth-order valence-electron chi connectivity index (χ4n) is 5.08. The predicted molar refractivity (Wildman–Crippen MR) is 179 cm³/mol. The second-order valence-corrected chi connectivity index (χ2v) is 13.1. The quantitative estimate of drug-likeness (QED) is 0.0357. The highest BCUT2D eigenvalue weighted by atomic mass is 16.6. The van der Waals surface area contributed by atoms with Gasteiger partial charge in [0, 0.05) is 19.3 Å². The van der Waals surface area contributed by atoms with Crippen molar-refractivity contribution in [1.29, 1.82) is 0 Å². The van der Waals surface area contributed by atoms with Gasteiger partial charge in [0.05, 0.1) is 34.4 Å². The van der Waals surface area contributed by atoms with Crippen molar-refractivity contribution < 1.29 is 38.2 Å². The minimum Gasteiger partial charge on any atom is -0.477 e. The lowest BCUT2D eigenvalue weighted by molar-refractivity contribution is -0.887. The summed E-state index contributed by atoms with van der Waals surface area (Å²) in [6, 6.07) is -0.609. The van der Waals surface area contributed by atoms with E-state index in [2.05, 4.69) is 26.0 Å². The Kier molecular flexibility index (Phi) is 27.3. The molecule has 0 aliphatic heterocycles. The maximum Gasteiger partial charge on any atom is 0.362 e. The first-order valence-corrected chi connectivity index (χ1v) is 17.7. The van der Waals surface area contributed by atoms with Crippen LogP contribution in [0.15, 0.2) is 12.2 Å². The van der Waals surface area contributed by atoms with Crippen LogP contribution in [-0.4, -0.2) is 80.6 Å². The summed E-state index contributed by atoms with van der Waals surface area (Å²) in [5.74, 6) is -1.48. The number of nitrogens with zero attached hydrogens (tertiary/aromatic N) is 1. The Morgan fingerprint density at radius 3 is 1.68 bits per heavy atom. The lowest BCUT2D eigenvalue weighted by Gasteiger charge is -2.31. The molecule has 0 rings (SSSR count). The predicted octanol–water partition coefficient (Wildman–Crippen LogP) is 8.41. The summed E-state index contributed by atoms with van der Waals surface area (Å²) < 4.78 is 17.1. The van der Waals surface area contributed by atoms with Crippen LogP contribution in [-0.2, 0) is 28.6 Å². The van der Waals surface area contributed by atoms with Crippen molar-refractivity contribution in [2.75, 3.05) is 41.0 Å². The van der Waals surface area contributed by atoms with Crippen molar-refractivity contribution in [3.63, 3.8) is 0 Å². The highest BCUT2D eigenvalue weighted by Crippen LogP contribution is 2.13. The number of quaternary nitrogens is 1. The summed E-state index contributed by atoms with van der Waals surface area (Å²) in [5, 5.41) is 9.54. The van der Waals surface area contributed by atoms with E-state index in [1.807, 2.05) is 21.1 Å². The molecule has 0 saturated heterocycles. The Bertz CT molecular complexity index is 747. The van der Waals surface area contributed by atoms with Crippen LogP contribution in [0.4, 0.5) is 0 Å². The van der Waals surface area contributed by atoms with Crippen LogP contribution >= 0.6 is 0 Å². The van der Waals surface area contributed by atoms with Crippen molar-refractivity contribution >= 4 is 17.9 Å². The lowest BCUT2D eigenvalue weighted by Crippen LogP contribution is -2.50. The largest absolute Gasteiger partial charge is 0.477 e. The molecule has 1 N–H and O–H groups in total. The molecule has 2 atom stereocenters. The van der Waals surface area contributed by atoms with Gasteiger partial charge in [0.2, 0.25) is 0 Å². The summed E-state index contributed by atoms with van der Waals surface area (Å²) in [6.07, 6.45) is 25.4. The number of carbonyl (C=O) groups excluding carboxylic acids is 2. The SMILES string of the molecule is CCCCC/C=C/CCCCCCCC(=O)OC(COCCC(C(=O)O)[N+](C)(C)C)COC(=O)CCCCCCCCCC. The molecule has 0 radical (unpaired) electrons. The van der Waals surface area contributed by atoms with Crippen LogP contribution in [0.1, 0.15) is 149 Å². The molecule has 8 nitrogen and oxygen atoms in total. The number of carboxylic acid groups (broad SMARTS) is 1. The number of carbonyl (C=O) groups is 3. The fourth-order valence-corrected chi connectivity index (χ4v) is 5.08. The van der Waals surface area contributed by atoms with Crippen LogP contribution in [0.25, 0.3) is 0 Å². The molecular weight excluding hydrogens is 558 g/mol. The van der Waals surface area contributed by atoms with Crippen molar-refractivity contribution in [1.82, 2.24) is 0 Å². The molecule has 0 aliphatic carbocycles. The molecule has 0 heterocycles. The zero-order chi connectivity index (χ0) is 32.9. The van der Waals surface area contributed by atoms with Crippen LogP contribution in [0.5, 0.6) is 0 Å². The van der Waals surface area contributed by atoms with Crippen LogP contribution in [0, 0.1) is 0 Å². The van der Waals surface area contributed by atoms with E-state index in [4.69, 9.17) is 14.2 Å². The van der Waals surface area contributed by atoms with Gasteiger partial charge in [-0.05, 0) is 38.5 Å². The van der Waals surface area contributed by atoms with Crippen LogP contribution < -0.4 is 0 Å². The second-order valence-electron chi connectivity index (χ2n) is 13.1. The molecule has 0 aliphatic rings. The van der Waals surface area contributed by atoms with E-state index in [1.165, 1.54) is 64.2 Å². The van der Waals surface area contributed by atoms with E-state index >= 15 is 0 Å². The number of unbranched alkanes of at least 4 members (excludes halogenated alkanes) is 15. The number of allylic oxidation sites excluding steroid dienone is 2. The number of ether oxygens (including phenoxy) is 3. The number of hydrogen-bond acceptors (Lipinski definition) is 6. The average molecular weight is 627 g/mol. The summed E-state index contributed by atoms with van der Waals surface area (Å²) in [5.41, 5.74) is 0. The van der Waals surface area contributed by atoms with Crippen LogP contribution in [0.2, 0.25) is 0 Å². The van der Waals surface area contributed by atoms with Gasteiger partial charge >= 0.3 is 17.9 Å².